The maximum atomic E-state index is 12.9. The Morgan fingerprint density at radius 2 is 1.87 bits per heavy atom. The van der Waals surface area contributed by atoms with Gasteiger partial charge in [-0.1, -0.05) is 41.8 Å². The van der Waals surface area contributed by atoms with Crippen LogP contribution >= 0.6 is 23.2 Å². The van der Waals surface area contributed by atoms with E-state index in [-0.39, 0.29) is 21.5 Å². The van der Waals surface area contributed by atoms with Crippen molar-refractivity contribution in [1.29, 1.82) is 0 Å². The Morgan fingerprint density at radius 1 is 1.13 bits per heavy atom. The summed E-state index contributed by atoms with van der Waals surface area (Å²) in [6, 6.07) is 9.72. The normalized spacial score (nSPS) is 18.5. The first-order valence-electron chi connectivity index (χ1n) is 9.77. The first kappa shape index (κ1) is 21.2. The number of rotatable bonds is 3. The lowest BCUT2D eigenvalue weighted by molar-refractivity contribution is 0.0940. The van der Waals surface area contributed by atoms with Gasteiger partial charge in [-0.05, 0) is 49.6 Å². The molecular formula is C21H21Cl2N3O3S. The topological polar surface area (TPSA) is 78.8 Å². The van der Waals surface area contributed by atoms with E-state index in [1.54, 1.807) is 18.2 Å². The first-order valence-corrected chi connectivity index (χ1v) is 12.0. The molecule has 0 saturated carbocycles. The van der Waals surface area contributed by atoms with E-state index in [1.165, 1.54) is 6.07 Å². The molecule has 158 valence electrons. The van der Waals surface area contributed by atoms with Crippen LogP contribution in [0.1, 0.15) is 54.6 Å². The Bertz CT molecular complexity index is 1130. The lowest BCUT2D eigenvalue weighted by Gasteiger charge is -2.30. The Labute approximate surface area is 185 Å². The number of carbonyl (C=O) groups excluding carboxylic acids is 1. The molecule has 1 saturated heterocycles. The second kappa shape index (κ2) is 8.21. The van der Waals surface area contributed by atoms with Crippen LogP contribution in [0.5, 0.6) is 0 Å². The number of fused-ring (bicyclic) bond motifs is 3. The molecule has 1 atom stereocenters. The van der Waals surface area contributed by atoms with Crippen molar-refractivity contribution in [3.05, 3.63) is 57.6 Å². The molecule has 4 rings (SSSR count). The van der Waals surface area contributed by atoms with Crippen molar-refractivity contribution in [2.24, 2.45) is 4.40 Å². The molecule has 2 heterocycles. The highest BCUT2D eigenvalue weighted by Gasteiger charge is 2.33. The summed E-state index contributed by atoms with van der Waals surface area (Å²) in [6.45, 7) is 2.51. The van der Waals surface area contributed by atoms with Crippen molar-refractivity contribution < 1.29 is 13.2 Å². The summed E-state index contributed by atoms with van der Waals surface area (Å²) in [7, 11) is -3.89. The lowest BCUT2D eigenvalue weighted by Crippen LogP contribution is -2.35. The number of hydrogen-bond donors (Lipinski definition) is 1. The van der Waals surface area contributed by atoms with Gasteiger partial charge in [0, 0.05) is 18.0 Å². The monoisotopic (exact) mass is 465 g/mol. The van der Waals surface area contributed by atoms with E-state index in [9.17, 15) is 13.2 Å². The molecule has 1 amide bonds. The summed E-state index contributed by atoms with van der Waals surface area (Å²) in [5, 5.41) is 3.67. The molecule has 2 aromatic carbocycles. The van der Waals surface area contributed by atoms with E-state index >= 15 is 0 Å². The highest BCUT2D eigenvalue weighted by atomic mass is 35.5. The summed E-state index contributed by atoms with van der Waals surface area (Å²) in [4.78, 5) is 14.8. The SMILES string of the molecule is C[C@H](NC(=O)c1cc2c(cc1Cl)N1CCCCCC1=NS2(=O)=O)c1ccc(Cl)cc1. The van der Waals surface area contributed by atoms with Crippen molar-refractivity contribution in [1.82, 2.24) is 5.32 Å². The van der Waals surface area contributed by atoms with Crippen LogP contribution in [0.25, 0.3) is 0 Å². The van der Waals surface area contributed by atoms with Crippen molar-refractivity contribution in [3.63, 3.8) is 0 Å². The van der Waals surface area contributed by atoms with Gasteiger partial charge in [-0.3, -0.25) is 4.79 Å². The minimum Gasteiger partial charge on any atom is -0.345 e. The van der Waals surface area contributed by atoms with E-state index in [2.05, 4.69) is 9.71 Å². The molecule has 0 radical (unpaired) electrons. The van der Waals surface area contributed by atoms with Gasteiger partial charge >= 0.3 is 0 Å². The van der Waals surface area contributed by atoms with Gasteiger partial charge < -0.3 is 10.2 Å². The maximum Gasteiger partial charge on any atom is 0.286 e. The lowest BCUT2D eigenvalue weighted by atomic mass is 10.1. The van der Waals surface area contributed by atoms with Gasteiger partial charge in [0.2, 0.25) is 0 Å². The molecule has 2 aliphatic rings. The minimum absolute atomic E-state index is 0.0156. The van der Waals surface area contributed by atoms with Crippen LogP contribution in [0.4, 0.5) is 5.69 Å². The predicted octanol–water partition coefficient (Wildman–Crippen LogP) is 4.97. The zero-order valence-electron chi connectivity index (χ0n) is 16.4. The van der Waals surface area contributed by atoms with E-state index in [0.717, 1.165) is 24.8 Å². The number of anilines is 1. The first-order chi connectivity index (χ1) is 14.3. The van der Waals surface area contributed by atoms with Gasteiger partial charge in [0.05, 0.1) is 22.3 Å². The molecule has 30 heavy (non-hydrogen) atoms. The highest BCUT2D eigenvalue weighted by Crippen LogP contribution is 2.38. The fraction of sp³-hybridized carbons (Fsp3) is 0.333. The van der Waals surface area contributed by atoms with Gasteiger partial charge in [0.25, 0.3) is 15.9 Å². The standard InChI is InChI=1S/C21H21Cl2N3O3S/c1-13(14-6-8-15(22)9-7-14)24-21(27)16-11-19-18(12-17(16)23)26-10-4-2-3-5-20(26)25-30(19,28)29/h6-9,11-13H,2-5,10H2,1H3,(H,24,27)/t13-/m0/s1. The molecule has 0 unspecified atom stereocenters. The summed E-state index contributed by atoms with van der Waals surface area (Å²) in [5.74, 6) is 0.0933. The molecule has 0 aromatic heterocycles. The average Bonchev–Trinajstić information content (AvgIpc) is 2.92. The molecule has 1 N–H and O–H groups in total. The minimum atomic E-state index is -3.89. The summed E-state index contributed by atoms with van der Waals surface area (Å²) in [6.07, 6.45) is 3.47. The number of amidine groups is 1. The zero-order chi connectivity index (χ0) is 21.5. The fourth-order valence-electron chi connectivity index (χ4n) is 3.78. The van der Waals surface area contributed by atoms with Crippen molar-refractivity contribution in [2.75, 3.05) is 11.4 Å². The van der Waals surface area contributed by atoms with E-state index < -0.39 is 15.9 Å². The van der Waals surface area contributed by atoms with E-state index in [1.807, 2.05) is 24.0 Å². The van der Waals surface area contributed by atoms with Crippen LogP contribution in [-0.2, 0) is 10.0 Å². The Hall–Kier alpha value is -2.09. The number of sulfonamides is 1. The van der Waals surface area contributed by atoms with Crippen LogP contribution in [0.15, 0.2) is 45.7 Å². The van der Waals surface area contributed by atoms with Crippen LogP contribution in [0, 0.1) is 0 Å². The van der Waals surface area contributed by atoms with Crippen LogP contribution in [-0.4, -0.2) is 26.7 Å². The van der Waals surface area contributed by atoms with E-state index in [0.29, 0.717) is 29.5 Å². The Kier molecular flexibility index (Phi) is 5.79. The molecule has 1 fully saturated rings. The molecular weight excluding hydrogens is 445 g/mol. The van der Waals surface area contributed by atoms with Crippen molar-refractivity contribution >= 4 is 50.7 Å². The van der Waals surface area contributed by atoms with Crippen molar-refractivity contribution in [2.45, 2.75) is 43.5 Å². The summed E-state index contributed by atoms with van der Waals surface area (Å²) in [5.41, 5.74) is 1.47. The van der Waals surface area contributed by atoms with Gasteiger partial charge in [-0.2, -0.15) is 8.42 Å². The number of carbonyl (C=O) groups is 1. The number of benzene rings is 2. The Morgan fingerprint density at radius 3 is 2.60 bits per heavy atom. The van der Waals surface area contributed by atoms with Crippen LogP contribution < -0.4 is 10.2 Å². The predicted molar refractivity (Wildman–Crippen MR) is 119 cm³/mol. The van der Waals surface area contributed by atoms with Gasteiger partial charge in [-0.15, -0.1) is 4.40 Å². The smallest absolute Gasteiger partial charge is 0.286 e. The van der Waals surface area contributed by atoms with E-state index in [4.69, 9.17) is 23.2 Å². The van der Waals surface area contributed by atoms with Crippen molar-refractivity contribution in [3.8, 4) is 0 Å². The largest absolute Gasteiger partial charge is 0.345 e. The summed E-state index contributed by atoms with van der Waals surface area (Å²) < 4.78 is 29.6. The highest BCUT2D eigenvalue weighted by molar-refractivity contribution is 7.90. The maximum absolute atomic E-state index is 12.9. The third-order valence-electron chi connectivity index (χ3n) is 5.40. The van der Waals surface area contributed by atoms with Gasteiger partial charge in [0.1, 0.15) is 10.7 Å². The third kappa shape index (κ3) is 4.06. The third-order valence-corrected chi connectivity index (χ3v) is 7.30. The average molecular weight is 466 g/mol. The second-order valence-corrected chi connectivity index (χ2v) is 9.91. The fourth-order valence-corrected chi connectivity index (χ4v) is 5.42. The quantitative estimate of drug-likeness (QED) is 0.693. The zero-order valence-corrected chi connectivity index (χ0v) is 18.7. The van der Waals surface area contributed by atoms with Crippen LogP contribution in [0.3, 0.4) is 0 Å². The summed E-state index contributed by atoms with van der Waals surface area (Å²) >= 11 is 12.3. The van der Waals surface area contributed by atoms with Crippen LogP contribution in [0.2, 0.25) is 10.0 Å². The molecule has 2 aliphatic heterocycles. The molecule has 2 aromatic rings. The number of hydrogen-bond acceptors (Lipinski definition) is 4. The molecule has 9 heteroatoms. The molecule has 0 aliphatic carbocycles. The second-order valence-electron chi connectivity index (χ2n) is 7.49. The number of nitrogens with zero attached hydrogens (tertiary/aromatic N) is 2. The number of amides is 1. The number of halogens is 2. The molecule has 0 spiro atoms. The van der Waals surface area contributed by atoms with Gasteiger partial charge in [0.15, 0.2) is 0 Å². The molecule has 0 bridgehead atoms. The Balaban J connectivity index is 1.67. The number of nitrogens with one attached hydrogen (secondary N) is 1. The van der Waals surface area contributed by atoms with Gasteiger partial charge in [-0.25, -0.2) is 0 Å². The molecule has 6 nitrogen and oxygen atoms in total.